The fourth-order valence-corrected chi connectivity index (χ4v) is 2.00. The molecular weight excluding hydrogens is 251 g/mol. The number of nitrogens with zero attached hydrogens (tertiary/aromatic N) is 4. The number of hydrogen-bond acceptors (Lipinski definition) is 5. The third-order valence-corrected chi connectivity index (χ3v) is 2.73. The van der Waals surface area contributed by atoms with Crippen molar-refractivity contribution in [1.29, 1.82) is 0 Å². The van der Waals surface area contributed by atoms with Crippen LogP contribution in [0.1, 0.15) is 13.8 Å². The SMILES string of the molecule is CC1(C)CN(c2nc(Cl)nnc2Cl)CCO1. The van der Waals surface area contributed by atoms with Crippen LogP contribution in [0.2, 0.25) is 10.4 Å². The Morgan fingerprint density at radius 3 is 2.75 bits per heavy atom. The van der Waals surface area contributed by atoms with Gasteiger partial charge in [0.25, 0.3) is 0 Å². The minimum absolute atomic E-state index is 0.101. The lowest BCUT2D eigenvalue weighted by Crippen LogP contribution is -2.48. The molecule has 2 heterocycles. The van der Waals surface area contributed by atoms with Crippen LogP contribution in [0.3, 0.4) is 0 Å². The lowest BCUT2D eigenvalue weighted by Gasteiger charge is -2.38. The van der Waals surface area contributed by atoms with Crippen molar-refractivity contribution in [2.45, 2.75) is 19.4 Å². The number of morpholine rings is 1. The van der Waals surface area contributed by atoms with E-state index in [1.54, 1.807) is 0 Å². The highest BCUT2D eigenvalue weighted by Crippen LogP contribution is 2.26. The van der Waals surface area contributed by atoms with Gasteiger partial charge < -0.3 is 9.64 Å². The Kier molecular flexibility index (Phi) is 3.19. The average molecular weight is 263 g/mol. The van der Waals surface area contributed by atoms with Gasteiger partial charge in [0.1, 0.15) is 0 Å². The first-order valence-corrected chi connectivity index (χ1v) is 5.68. The van der Waals surface area contributed by atoms with Gasteiger partial charge in [-0.3, -0.25) is 0 Å². The summed E-state index contributed by atoms with van der Waals surface area (Å²) in [6.45, 7) is 6.08. The van der Waals surface area contributed by atoms with Crippen LogP contribution in [0.5, 0.6) is 0 Å². The Morgan fingerprint density at radius 1 is 1.31 bits per heavy atom. The molecule has 0 saturated carbocycles. The van der Waals surface area contributed by atoms with Crippen molar-refractivity contribution in [3.63, 3.8) is 0 Å². The van der Waals surface area contributed by atoms with Gasteiger partial charge in [0.2, 0.25) is 5.28 Å². The molecule has 5 nitrogen and oxygen atoms in total. The second-order valence-corrected chi connectivity index (χ2v) is 4.92. The Bertz CT molecular complexity index is 399. The Hall–Kier alpha value is -0.650. The van der Waals surface area contributed by atoms with Gasteiger partial charge >= 0.3 is 0 Å². The first-order chi connectivity index (χ1) is 7.48. The molecule has 16 heavy (non-hydrogen) atoms. The predicted molar refractivity (Wildman–Crippen MR) is 62.1 cm³/mol. The summed E-state index contributed by atoms with van der Waals surface area (Å²) in [6, 6.07) is 0. The Labute approximate surface area is 104 Å². The number of hydrogen-bond donors (Lipinski definition) is 0. The maximum Gasteiger partial charge on any atom is 0.245 e. The lowest BCUT2D eigenvalue weighted by atomic mass is 10.1. The fraction of sp³-hybridized carbons (Fsp3) is 0.667. The van der Waals surface area contributed by atoms with Crippen molar-refractivity contribution in [2.24, 2.45) is 0 Å². The molecule has 1 aliphatic rings. The summed E-state index contributed by atoms with van der Waals surface area (Å²) < 4.78 is 5.61. The molecule has 0 amide bonds. The molecule has 1 aromatic heterocycles. The van der Waals surface area contributed by atoms with Gasteiger partial charge in [0, 0.05) is 13.1 Å². The van der Waals surface area contributed by atoms with E-state index in [-0.39, 0.29) is 16.0 Å². The van der Waals surface area contributed by atoms with Crippen LogP contribution in [0.15, 0.2) is 0 Å². The Balaban J connectivity index is 2.26. The monoisotopic (exact) mass is 262 g/mol. The molecule has 7 heteroatoms. The van der Waals surface area contributed by atoms with E-state index in [2.05, 4.69) is 15.2 Å². The van der Waals surface area contributed by atoms with E-state index >= 15 is 0 Å². The summed E-state index contributed by atoms with van der Waals surface area (Å²) in [7, 11) is 0. The van der Waals surface area contributed by atoms with E-state index in [0.717, 1.165) is 6.54 Å². The van der Waals surface area contributed by atoms with Crippen LogP contribution in [0.4, 0.5) is 5.82 Å². The van der Waals surface area contributed by atoms with Gasteiger partial charge in [0.15, 0.2) is 11.0 Å². The molecule has 0 spiro atoms. The number of aromatic nitrogens is 3. The summed E-state index contributed by atoms with van der Waals surface area (Å²) >= 11 is 11.7. The zero-order valence-electron chi connectivity index (χ0n) is 9.07. The van der Waals surface area contributed by atoms with E-state index in [0.29, 0.717) is 19.0 Å². The van der Waals surface area contributed by atoms with E-state index in [1.807, 2.05) is 18.7 Å². The zero-order chi connectivity index (χ0) is 11.8. The van der Waals surface area contributed by atoms with Crippen molar-refractivity contribution in [3.8, 4) is 0 Å². The molecule has 0 atom stereocenters. The lowest BCUT2D eigenvalue weighted by molar-refractivity contribution is -0.0279. The normalized spacial score (nSPS) is 19.9. The van der Waals surface area contributed by atoms with E-state index in [1.165, 1.54) is 0 Å². The molecule has 2 rings (SSSR count). The highest BCUT2D eigenvalue weighted by atomic mass is 35.5. The molecule has 0 radical (unpaired) electrons. The molecule has 1 aliphatic heterocycles. The molecule has 0 bridgehead atoms. The maximum atomic E-state index is 5.95. The second-order valence-electron chi connectivity index (χ2n) is 4.22. The highest BCUT2D eigenvalue weighted by Gasteiger charge is 2.29. The minimum atomic E-state index is -0.223. The van der Waals surface area contributed by atoms with Crippen LogP contribution in [0.25, 0.3) is 0 Å². The molecule has 0 unspecified atom stereocenters. The van der Waals surface area contributed by atoms with Gasteiger partial charge in [-0.25, -0.2) is 0 Å². The smallest absolute Gasteiger partial charge is 0.245 e. The quantitative estimate of drug-likeness (QED) is 0.773. The molecule has 0 aliphatic carbocycles. The molecule has 1 fully saturated rings. The van der Waals surface area contributed by atoms with Crippen LogP contribution in [-0.2, 0) is 4.74 Å². The van der Waals surface area contributed by atoms with Crippen LogP contribution in [0, 0.1) is 0 Å². The topological polar surface area (TPSA) is 51.1 Å². The van der Waals surface area contributed by atoms with Gasteiger partial charge in [0.05, 0.1) is 12.2 Å². The van der Waals surface area contributed by atoms with Crippen molar-refractivity contribution in [2.75, 3.05) is 24.6 Å². The summed E-state index contributed by atoms with van der Waals surface area (Å²) in [5.74, 6) is 0.568. The number of halogens is 2. The van der Waals surface area contributed by atoms with Gasteiger partial charge in [-0.05, 0) is 25.4 Å². The van der Waals surface area contributed by atoms with Gasteiger partial charge in [-0.15, -0.1) is 10.2 Å². The van der Waals surface area contributed by atoms with Crippen LogP contribution in [-0.4, -0.2) is 40.5 Å². The van der Waals surface area contributed by atoms with Crippen LogP contribution >= 0.6 is 23.2 Å². The maximum absolute atomic E-state index is 5.95. The summed E-state index contributed by atoms with van der Waals surface area (Å²) in [6.07, 6.45) is 0. The number of ether oxygens (including phenoxy) is 1. The highest BCUT2D eigenvalue weighted by molar-refractivity contribution is 6.32. The van der Waals surface area contributed by atoms with Gasteiger partial charge in [-0.2, -0.15) is 4.98 Å². The van der Waals surface area contributed by atoms with E-state index < -0.39 is 0 Å². The van der Waals surface area contributed by atoms with Gasteiger partial charge in [-0.1, -0.05) is 11.6 Å². The van der Waals surface area contributed by atoms with Crippen molar-refractivity contribution in [3.05, 3.63) is 10.4 Å². The fourth-order valence-electron chi connectivity index (χ4n) is 1.68. The third-order valence-electron chi connectivity index (χ3n) is 2.33. The summed E-state index contributed by atoms with van der Waals surface area (Å²) in [4.78, 5) is 6.10. The third kappa shape index (κ3) is 2.53. The standard InChI is InChI=1S/C9H12Cl2N4O/c1-9(2)5-15(3-4-16-9)7-6(10)13-14-8(11)12-7/h3-5H2,1-2H3. The number of anilines is 1. The minimum Gasteiger partial charge on any atom is -0.372 e. The summed E-state index contributed by atoms with van der Waals surface area (Å²) in [5.41, 5.74) is -0.223. The van der Waals surface area contributed by atoms with E-state index in [9.17, 15) is 0 Å². The molecule has 1 saturated heterocycles. The summed E-state index contributed by atoms with van der Waals surface area (Å²) in [5, 5.41) is 7.69. The van der Waals surface area contributed by atoms with Crippen molar-refractivity contribution >= 4 is 29.0 Å². The largest absolute Gasteiger partial charge is 0.372 e. The molecular formula is C9H12Cl2N4O. The molecule has 0 aromatic carbocycles. The molecule has 0 N–H and O–H groups in total. The second kappa shape index (κ2) is 4.31. The van der Waals surface area contributed by atoms with E-state index in [4.69, 9.17) is 27.9 Å². The predicted octanol–water partition coefficient (Wildman–Crippen LogP) is 1.79. The van der Waals surface area contributed by atoms with Crippen LogP contribution < -0.4 is 4.90 Å². The zero-order valence-corrected chi connectivity index (χ0v) is 10.6. The molecule has 88 valence electrons. The van der Waals surface area contributed by atoms with Crippen molar-refractivity contribution in [1.82, 2.24) is 15.2 Å². The average Bonchev–Trinajstić information content (AvgIpc) is 2.20. The molecule has 1 aromatic rings. The Morgan fingerprint density at radius 2 is 2.06 bits per heavy atom. The number of rotatable bonds is 1. The van der Waals surface area contributed by atoms with Crippen molar-refractivity contribution < 1.29 is 4.74 Å². The first kappa shape index (κ1) is 11.8. The first-order valence-electron chi connectivity index (χ1n) is 4.92.